The average Bonchev–Trinajstić information content (AvgIpc) is 0.758. The molecule has 1 rings (SSSR count). The minimum Gasteiger partial charge on any atom is -0.390 e. The average molecular weight is 1350 g/mol. The fourth-order valence-corrected chi connectivity index (χ4v) is 13.1. The molecule has 0 aliphatic carbocycles. The highest BCUT2D eigenvalue weighted by atomic mass is 32.2. The van der Waals surface area contributed by atoms with Gasteiger partial charge in [-0.2, -0.15) is 0 Å². The van der Waals surface area contributed by atoms with Crippen molar-refractivity contribution in [3.05, 3.63) is 12.2 Å². The van der Waals surface area contributed by atoms with E-state index < -0.39 is 155 Å². The zero-order valence-corrected chi connectivity index (χ0v) is 63.1. The van der Waals surface area contributed by atoms with Crippen molar-refractivity contribution in [2.75, 3.05) is 74.7 Å². The summed E-state index contributed by atoms with van der Waals surface area (Å²) in [7, 11) is 10.1. The molecular formula is C69H126N12O12S. The van der Waals surface area contributed by atoms with Gasteiger partial charge in [0.05, 0.1) is 12.6 Å². The standard InChI is InChI=1S/C69H126N12O12S/c1-27-30-31-47(17)58(83)57-62(87)73-50(29-3)64(89)75(20)39-55(82)76(21)51(34-40(4)5)61(86)74-56(44(12)13)67(92)77(22)52(35-41(6)7)60(85)71-48(18)59(84)72-49(19)63(88)78(23)53(36-42(8)9)65(90)79(24)54(37-43(10)11)66(91)81(26)69(45(14)15,68(93)80(57)25)94-33-32-70-38-46(16)28-2/h27,30,40-54,56-58,70,83H,28-29,31-39H2,1-26H3,(H,71,85)(H,72,84)(H,73,87)(H,74,86)/b30-27+/t46?,47-,48+,49-,50+,51+,52+,53+,54+,56+,57+,58-,69+/m1/s1. The summed E-state index contributed by atoms with van der Waals surface area (Å²) in [5.41, 5.74) is 0. The molecule has 1 heterocycles. The van der Waals surface area contributed by atoms with Gasteiger partial charge in [-0.05, 0) is 113 Å². The third-order valence-electron chi connectivity index (χ3n) is 18.1. The molecule has 0 aromatic rings. The molecule has 24 nitrogen and oxygen atoms in total. The highest BCUT2D eigenvalue weighted by Gasteiger charge is 2.54. The molecule has 13 atom stereocenters. The van der Waals surface area contributed by atoms with Gasteiger partial charge >= 0.3 is 0 Å². The molecule has 25 heteroatoms. The molecule has 0 bridgehead atoms. The molecule has 1 unspecified atom stereocenters. The topological polar surface area (TPSA) is 291 Å². The maximum absolute atomic E-state index is 16.2. The Morgan fingerprint density at radius 2 is 1.03 bits per heavy atom. The highest BCUT2D eigenvalue weighted by molar-refractivity contribution is 8.01. The minimum atomic E-state index is -1.83. The number of hydrogen-bond donors (Lipinski definition) is 6. The van der Waals surface area contributed by atoms with Gasteiger partial charge in [-0.15, -0.1) is 11.8 Å². The van der Waals surface area contributed by atoms with Crippen LogP contribution in [-0.2, 0) is 52.7 Å². The Labute approximate surface area is 569 Å². The largest absolute Gasteiger partial charge is 0.390 e. The molecule has 0 aromatic heterocycles. The van der Waals surface area contributed by atoms with Gasteiger partial charge in [0.15, 0.2) is 4.87 Å². The smallest absolute Gasteiger partial charge is 0.259 e. The van der Waals surface area contributed by atoms with Crippen LogP contribution in [0.1, 0.15) is 176 Å². The maximum atomic E-state index is 16.2. The van der Waals surface area contributed by atoms with Gasteiger partial charge in [0.1, 0.15) is 54.4 Å². The van der Waals surface area contributed by atoms with Crippen LogP contribution < -0.4 is 26.6 Å². The summed E-state index contributed by atoms with van der Waals surface area (Å²) >= 11 is 1.19. The molecule has 1 aliphatic heterocycles. The number of hydrogen-bond acceptors (Lipinski definition) is 14. The number of aliphatic hydroxyl groups excluding tert-OH is 1. The van der Waals surface area contributed by atoms with Crippen LogP contribution in [0, 0.1) is 47.3 Å². The third-order valence-corrected chi connectivity index (χ3v) is 19.9. The Bertz CT molecular complexity index is 2550. The number of carbonyl (C=O) groups is 11. The van der Waals surface area contributed by atoms with Crippen LogP contribution in [0.25, 0.3) is 0 Å². The first-order valence-electron chi connectivity index (χ1n) is 34.2. The zero-order valence-electron chi connectivity index (χ0n) is 62.3. The second-order valence-corrected chi connectivity index (χ2v) is 30.1. The Kier molecular flexibility index (Phi) is 36.7. The van der Waals surface area contributed by atoms with Crippen molar-refractivity contribution in [2.24, 2.45) is 47.3 Å². The van der Waals surface area contributed by atoms with Crippen molar-refractivity contribution >= 4 is 76.7 Å². The van der Waals surface area contributed by atoms with E-state index in [1.54, 1.807) is 47.6 Å². The molecule has 94 heavy (non-hydrogen) atoms. The van der Waals surface area contributed by atoms with Gasteiger partial charge in [0.25, 0.3) is 5.91 Å². The maximum Gasteiger partial charge on any atom is 0.259 e. The van der Waals surface area contributed by atoms with Crippen molar-refractivity contribution in [3.8, 4) is 0 Å². The summed E-state index contributed by atoms with van der Waals surface area (Å²) < 4.78 is 0. The Hall–Kier alpha value is -5.82. The van der Waals surface area contributed by atoms with Crippen LogP contribution in [0.3, 0.4) is 0 Å². The summed E-state index contributed by atoms with van der Waals surface area (Å²) in [6, 6.07) is -11.3. The fourth-order valence-electron chi connectivity index (χ4n) is 11.7. The van der Waals surface area contributed by atoms with E-state index >= 15 is 19.2 Å². The number of thioether (sulfide) groups is 1. The van der Waals surface area contributed by atoms with Gasteiger partial charge in [-0.1, -0.05) is 129 Å². The van der Waals surface area contributed by atoms with E-state index in [1.165, 1.54) is 99.4 Å². The number of allylic oxidation sites excluding steroid dienone is 2. The Balaban J connectivity index is 4.59. The van der Waals surface area contributed by atoms with Crippen LogP contribution in [0.15, 0.2) is 12.2 Å². The van der Waals surface area contributed by atoms with Gasteiger partial charge in [0, 0.05) is 61.6 Å². The number of carbonyl (C=O) groups excluding carboxylic acids is 11. The first-order valence-corrected chi connectivity index (χ1v) is 35.2. The lowest BCUT2D eigenvalue weighted by molar-refractivity contribution is -0.159. The van der Waals surface area contributed by atoms with Crippen LogP contribution in [0.2, 0.25) is 0 Å². The van der Waals surface area contributed by atoms with E-state index in [9.17, 15) is 38.7 Å². The van der Waals surface area contributed by atoms with Crippen molar-refractivity contribution in [1.82, 2.24) is 60.9 Å². The number of rotatable bonds is 22. The molecule has 1 fully saturated rings. The number of aliphatic hydroxyl groups is 1. The van der Waals surface area contributed by atoms with Gasteiger partial charge < -0.3 is 66.0 Å². The highest BCUT2D eigenvalue weighted by Crippen LogP contribution is 2.40. The summed E-state index contributed by atoms with van der Waals surface area (Å²) in [5, 5.41) is 27.1. The van der Waals surface area contributed by atoms with E-state index in [4.69, 9.17) is 0 Å². The summed E-state index contributed by atoms with van der Waals surface area (Å²) in [6.07, 6.45) is 3.88. The van der Waals surface area contributed by atoms with E-state index in [0.29, 0.717) is 31.2 Å². The number of nitrogens with zero attached hydrogens (tertiary/aromatic N) is 7. The van der Waals surface area contributed by atoms with Crippen molar-refractivity contribution in [3.63, 3.8) is 0 Å². The van der Waals surface area contributed by atoms with Crippen LogP contribution >= 0.6 is 11.8 Å². The molecule has 0 saturated carbocycles. The molecule has 1 aliphatic rings. The van der Waals surface area contributed by atoms with Crippen LogP contribution in [0.4, 0.5) is 0 Å². The lowest BCUT2D eigenvalue weighted by Crippen LogP contribution is -2.68. The molecule has 1 saturated heterocycles. The zero-order chi connectivity index (χ0) is 72.7. The molecular weight excluding hydrogens is 1220 g/mol. The second kappa shape index (κ2) is 40.0. The quantitative estimate of drug-likeness (QED) is 0.0617. The normalized spacial score (nSPS) is 26.6. The Morgan fingerprint density at radius 1 is 0.564 bits per heavy atom. The van der Waals surface area contributed by atoms with Crippen molar-refractivity contribution < 1.29 is 57.8 Å². The monoisotopic (exact) mass is 1350 g/mol. The SMILES string of the molecule is C/C=C/C[C@@H](C)[C@@H](O)[C@H]1C(=O)N[C@@H](CC)C(=O)N(C)CC(=O)N(C)[C@@H](CC(C)C)C(=O)N[C@@H](C(C)C)C(=O)N(C)[C@@H](CC(C)C)C(=O)N[C@@H](C)C(=O)N[C@H](C)C(=O)N(C)[C@@H](CC(C)C)C(=O)N(C)[C@@H](CC(C)C)C(=O)N(C)[C@](SCCNCC(C)CC)(C(C)C)C(=O)N1C. The fraction of sp³-hybridized carbons (Fsp3) is 0.812. The molecule has 540 valence electrons. The predicted molar refractivity (Wildman–Crippen MR) is 372 cm³/mol. The van der Waals surface area contributed by atoms with Gasteiger partial charge in [0.2, 0.25) is 59.1 Å². The summed E-state index contributed by atoms with van der Waals surface area (Å²) in [6.45, 7) is 34.9. The molecule has 0 spiro atoms. The number of likely N-dealkylation sites (N-methyl/N-ethyl adjacent to an activating group) is 7. The minimum absolute atomic E-state index is 0.00979. The first kappa shape index (κ1) is 86.2. The predicted octanol–water partition coefficient (Wildman–Crippen LogP) is 4.97. The van der Waals surface area contributed by atoms with Crippen molar-refractivity contribution in [1.29, 1.82) is 0 Å². The lowest BCUT2D eigenvalue weighted by Gasteiger charge is -2.48. The molecule has 6 N–H and O–H groups in total. The summed E-state index contributed by atoms with van der Waals surface area (Å²) in [5.74, 6) is -9.32. The second-order valence-electron chi connectivity index (χ2n) is 28.7. The van der Waals surface area contributed by atoms with E-state index in [1.807, 2.05) is 68.4 Å². The lowest BCUT2D eigenvalue weighted by atomic mass is 9.91. The van der Waals surface area contributed by atoms with Gasteiger partial charge in [-0.25, -0.2) is 0 Å². The Morgan fingerprint density at radius 3 is 1.51 bits per heavy atom. The van der Waals surface area contributed by atoms with E-state index in [-0.39, 0.29) is 55.8 Å². The third kappa shape index (κ3) is 24.1. The molecule has 11 amide bonds. The number of amides is 11. The molecule has 0 aromatic carbocycles. The number of nitrogens with one attached hydrogen (secondary N) is 5. The van der Waals surface area contributed by atoms with Gasteiger partial charge in [-0.3, -0.25) is 52.7 Å². The van der Waals surface area contributed by atoms with E-state index in [2.05, 4.69) is 40.4 Å². The van der Waals surface area contributed by atoms with Crippen molar-refractivity contribution in [2.45, 2.75) is 242 Å². The molecule has 0 radical (unpaired) electrons. The summed E-state index contributed by atoms with van der Waals surface area (Å²) in [4.78, 5) is 171. The van der Waals surface area contributed by atoms with E-state index in [0.717, 1.165) is 16.2 Å². The first-order chi connectivity index (χ1) is 43.5. The van der Waals surface area contributed by atoms with Crippen LogP contribution in [0.5, 0.6) is 0 Å². The van der Waals surface area contributed by atoms with Crippen LogP contribution in [-0.4, -0.2) is 244 Å².